The molecule has 6 rings (SSSR count). The topological polar surface area (TPSA) is 145 Å². The molecule has 4 N–H and O–H groups in total. The molecule has 10 nitrogen and oxygen atoms in total. The van der Waals surface area contributed by atoms with Gasteiger partial charge < -0.3 is 15.0 Å². The van der Waals surface area contributed by atoms with Crippen molar-refractivity contribution in [2.24, 2.45) is 5.14 Å². The molecule has 4 aromatic carbocycles. The van der Waals surface area contributed by atoms with Crippen LogP contribution in [0.4, 0.5) is 0 Å². The molecule has 2 aromatic heterocycles. The number of benzene rings is 4. The maximum Gasteiger partial charge on any atom is 0.238 e. The summed E-state index contributed by atoms with van der Waals surface area (Å²) in [7, 11) is -2.17. The highest BCUT2D eigenvalue weighted by Crippen LogP contribution is 2.30. The number of thioether (sulfide) groups is 1. The molecule has 0 aliphatic heterocycles. The van der Waals surface area contributed by atoms with Crippen LogP contribution in [0.1, 0.15) is 34.3 Å². The van der Waals surface area contributed by atoms with Crippen molar-refractivity contribution < 1.29 is 17.9 Å². The van der Waals surface area contributed by atoms with Gasteiger partial charge in [-0.2, -0.15) is 0 Å². The Morgan fingerprint density at radius 3 is 2.34 bits per heavy atom. The van der Waals surface area contributed by atoms with Crippen LogP contribution in [0.3, 0.4) is 0 Å². The Kier molecular flexibility index (Phi) is 9.43. The first-order valence-corrected chi connectivity index (χ1v) is 17.5. The molecule has 0 bridgehead atoms. The molecule has 1 amide bonds. The Hall–Kier alpha value is -4.91. The van der Waals surface area contributed by atoms with E-state index in [4.69, 9.17) is 9.88 Å². The van der Waals surface area contributed by atoms with Gasteiger partial charge in [-0.15, -0.1) is 10.2 Å². The van der Waals surface area contributed by atoms with Crippen LogP contribution in [0.2, 0.25) is 0 Å². The fourth-order valence-corrected chi connectivity index (χ4v) is 6.95. The van der Waals surface area contributed by atoms with Crippen molar-refractivity contribution >= 4 is 38.6 Å². The summed E-state index contributed by atoms with van der Waals surface area (Å²) in [4.78, 5) is 17.2. The number of nitrogens with one attached hydrogen (secondary N) is 2. The lowest BCUT2D eigenvalue weighted by Gasteiger charge is -2.20. The third-order valence-electron chi connectivity index (χ3n) is 7.90. The Labute approximate surface area is 277 Å². The van der Waals surface area contributed by atoms with E-state index in [0.29, 0.717) is 28.9 Å². The number of aromatic amines is 1. The minimum Gasteiger partial charge on any atom is -0.497 e. The van der Waals surface area contributed by atoms with E-state index in [2.05, 4.69) is 20.5 Å². The number of carbonyl (C=O) groups excluding carboxylic acids is 1. The smallest absolute Gasteiger partial charge is 0.238 e. The molecule has 1 unspecified atom stereocenters. The number of primary sulfonamides is 1. The summed E-state index contributed by atoms with van der Waals surface area (Å²) in [5.41, 5.74) is 5.63. The van der Waals surface area contributed by atoms with Crippen molar-refractivity contribution in [3.8, 4) is 11.4 Å². The van der Waals surface area contributed by atoms with Gasteiger partial charge in [0.15, 0.2) is 11.0 Å². The molecule has 0 saturated carbocycles. The lowest BCUT2D eigenvalue weighted by Crippen LogP contribution is -2.33. The van der Waals surface area contributed by atoms with Crippen molar-refractivity contribution in [2.75, 3.05) is 7.11 Å². The molecular formula is C35H34N6O4S2. The van der Waals surface area contributed by atoms with Crippen LogP contribution in [0.25, 0.3) is 16.6 Å². The zero-order valence-electron chi connectivity index (χ0n) is 25.9. The van der Waals surface area contributed by atoms with Gasteiger partial charge in [0, 0.05) is 28.0 Å². The zero-order chi connectivity index (χ0) is 33.0. The number of aryl methyl sites for hydroxylation is 1. The van der Waals surface area contributed by atoms with Crippen LogP contribution in [0, 0.1) is 6.92 Å². The van der Waals surface area contributed by atoms with Crippen LogP contribution in [-0.2, 0) is 33.4 Å². The van der Waals surface area contributed by atoms with E-state index in [9.17, 15) is 13.2 Å². The van der Waals surface area contributed by atoms with E-state index >= 15 is 0 Å². The van der Waals surface area contributed by atoms with Crippen LogP contribution in [0.15, 0.2) is 113 Å². The Morgan fingerprint density at radius 2 is 1.64 bits per heavy atom. The maximum absolute atomic E-state index is 13.8. The monoisotopic (exact) mass is 666 g/mol. The number of amides is 1. The van der Waals surface area contributed by atoms with E-state index in [1.165, 1.54) is 23.9 Å². The summed E-state index contributed by atoms with van der Waals surface area (Å²) in [6.45, 7) is 1.98. The van der Waals surface area contributed by atoms with Gasteiger partial charge in [-0.1, -0.05) is 72.4 Å². The van der Waals surface area contributed by atoms with Crippen molar-refractivity contribution in [2.45, 2.75) is 41.6 Å². The lowest BCUT2D eigenvalue weighted by molar-refractivity contribution is -0.121. The summed E-state index contributed by atoms with van der Waals surface area (Å²) in [6, 6.07) is 31.4. The third-order valence-corrected chi connectivity index (χ3v) is 9.83. The molecule has 240 valence electrons. The van der Waals surface area contributed by atoms with Crippen molar-refractivity contribution in [3.05, 3.63) is 131 Å². The van der Waals surface area contributed by atoms with E-state index in [0.717, 1.165) is 39.0 Å². The standard InChI is InChI=1S/C35H34N6O4S2/c1-23-30(29-10-6-7-11-31(29)37-23)21-33(42)38-32(20-24-8-4-3-5-9-24)34-39-40-35(41(34)26-14-16-27(45-2)17-15-26)46-22-25-12-18-28(19-13-25)47(36,43)44/h3-19,32,37H,20-22H2,1-2H3,(H,38,42)(H2,36,43,44). The molecule has 1 atom stereocenters. The second kappa shape index (κ2) is 13.8. The van der Waals surface area contributed by atoms with Gasteiger partial charge in [-0.25, -0.2) is 13.6 Å². The number of para-hydroxylation sites is 1. The molecule has 0 saturated heterocycles. The number of aromatic nitrogens is 4. The first-order chi connectivity index (χ1) is 22.7. The van der Waals surface area contributed by atoms with E-state index in [1.54, 1.807) is 19.2 Å². The molecule has 0 fully saturated rings. The summed E-state index contributed by atoms with van der Waals surface area (Å²) < 4.78 is 30.8. The third kappa shape index (κ3) is 7.40. The van der Waals surface area contributed by atoms with Gasteiger partial charge in [0.1, 0.15) is 5.75 Å². The van der Waals surface area contributed by atoms with E-state index < -0.39 is 16.1 Å². The Morgan fingerprint density at radius 1 is 0.936 bits per heavy atom. The zero-order valence-corrected chi connectivity index (χ0v) is 27.5. The van der Waals surface area contributed by atoms with Crippen LogP contribution in [-0.4, -0.2) is 41.2 Å². The number of ether oxygens (including phenoxy) is 1. The summed E-state index contributed by atoms with van der Waals surface area (Å²) in [5, 5.41) is 19.4. The van der Waals surface area contributed by atoms with E-state index in [1.807, 2.05) is 90.4 Å². The Bertz CT molecular complexity index is 2110. The highest BCUT2D eigenvalue weighted by atomic mass is 32.2. The number of carbonyl (C=O) groups is 1. The van der Waals surface area contributed by atoms with E-state index in [-0.39, 0.29) is 17.2 Å². The fraction of sp³-hybridized carbons (Fsp3) is 0.171. The average molecular weight is 667 g/mol. The molecule has 12 heteroatoms. The number of nitrogens with zero attached hydrogens (tertiary/aromatic N) is 3. The van der Waals surface area contributed by atoms with Crippen molar-refractivity contribution in [1.29, 1.82) is 0 Å². The molecule has 0 aliphatic rings. The first-order valence-electron chi connectivity index (χ1n) is 14.9. The summed E-state index contributed by atoms with van der Waals surface area (Å²) >= 11 is 1.45. The Balaban J connectivity index is 1.35. The SMILES string of the molecule is COc1ccc(-n2c(SCc3ccc(S(N)(=O)=O)cc3)nnc2C(Cc2ccccc2)NC(=O)Cc2c(C)[nH]c3ccccc23)cc1. The van der Waals surface area contributed by atoms with Crippen LogP contribution < -0.4 is 15.2 Å². The molecule has 6 aromatic rings. The average Bonchev–Trinajstić information content (AvgIpc) is 3.64. The predicted octanol–water partition coefficient (Wildman–Crippen LogP) is 5.65. The molecule has 2 heterocycles. The number of fused-ring (bicyclic) bond motifs is 1. The normalized spacial score (nSPS) is 12.2. The number of hydrogen-bond acceptors (Lipinski definition) is 7. The van der Waals surface area contributed by atoms with Crippen LogP contribution >= 0.6 is 11.8 Å². The number of hydrogen-bond donors (Lipinski definition) is 3. The highest BCUT2D eigenvalue weighted by molar-refractivity contribution is 7.98. The fourth-order valence-electron chi connectivity index (χ4n) is 5.52. The van der Waals surface area contributed by atoms with Gasteiger partial charge in [0.25, 0.3) is 0 Å². The quantitative estimate of drug-likeness (QED) is 0.143. The summed E-state index contributed by atoms with van der Waals surface area (Å²) in [5.74, 6) is 1.65. The number of rotatable bonds is 12. The minimum atomic E-state index is -3.79. The highest BCUT2D eigenvalue weighted by Gasteiger charge is 2.26. The molecule has 0 radical (unpaired) electrons. The number of nitrogens with two attached hydrogens (primary N) is 1. The van der Waals surface area contributed by atoms with Crippen molar-refractivity contribution in [3.63, 3.8) is 0 Å². The first kappa shape index (κ1) is 32.0. The minimum absolute atomic E-state index is 0.0530. The van der Waals surface area contributed by atoms with Crippen LogP contribution in [0.5, 0.6) is 5.75 Å². The van der Waals surface area contributed by atoms with Gasteiger partial charge in [-0.05, 0) is 72.5 Å². The molecule has 0 aliphatic carbocycles. The maximum atomic E-state index is 13.8. The molecule has 0 spiro atoms. The predicted molar refractivity (Wildman–Crippen MR) is 183 cm³/mol. The lowest BCUT2D eigenvalue weighted by atomic mass is 10.0. The second-order valence-electron chi connectivity index (χ2n) is 11.1. The number of methoxy groups -OCH3 is 1. The number of sulfonamides is 1. The van der Waals surface area contributed by atoms with Crippen molar-refractivity contribution in [1.82, 2.24) is 25.1 Å². The number of H-pyrrole nitrogens is 1. The van der Waals surface area contributed by atoms with Gasteiger partial charge in [0.2, 0.25) is 15.9 Å². The molecule has 47 heavy (non-hydrogen) atoms. The van der Waals surface area contributed by atoms with Gasteiger partial charge in [0.05, 0.1) is 24.5 Å². The second-order valence-corrected chi connectivity index (χ2v) is 13.6. The largest absolute Gasteiger partial charge is 0.497 e. The van der Waals surface area contributed by atoms with Gasteiger partial charge >= 0.3 is 0 Å². The molecular weight excluding hydrogens is 633 g/mol. The summed E-state index contributed by atoms with van der Waals surface area (Å²) in [6.07, 6.45) is 0.696. The van der Waals surface area contributed by atoms with Gasteiger partial charge in [-0.3, -0.25) is 9.36 Å².